The minimum absolute atomic E-state index is 0.226. The molecule has 0 unspecified atom stereocenters. The molecular weight excluding hydrogens is 468 g/mol. The zero-order valence-electron chi connectivity index (χ0n) is 15.1. The fourth-order valence-electron chi connectivity index (χ4n) is 2.16. The van der Waals surface area contributed by atoms with E-state index in [1.54, 1.807) is 54.6 Å². The number of hydrazone groups is 1. The highest BCUT2D eigenvalue weighted by molar-refractivity contribution is 6.43. The number of hydrogen-bond acceptors (Lipinski definition) is 4. The van der Waals surface area contributed by atoms with Gasteiger partial charge >= 0.3 is 0 Å². The molecule has 152 valence electrons. The SMILES string of the molecule is O=C(Nc1ccccc1)/C(N=Nc1ccc(Cl)c(Cl)c1)=N/Nc1ccc(Cl)c(Cl)c1. The predicted molar refractivity (Wildman–Crippen MR) is 124 cm³/mol. The zero-order valence-corrected chi connectivity index (χ0v) is 18.1. The third-order valence-corrected chi connectivity index (χ3v) is 5.09. The van der Waals surface area contributed by atoms with Crippen molar-refractivity contribution in [3.05, 3.63) is 86.8 Å². The van der Waals surface area contributed by atoms with Gasteiger partial charge in [-0.3, -0.25) is 10.2 Å². The smallest absolute Gasteiger partial charge is 0.297 e. The summed E-state index contributed by atoms with van der Waals surface area (Å²) in [6.45, 7) is 0. The average Bonchev–Trinajstić information content (AvgIpc) is 2.73. The lowest BCUT2D eigenvalue weighted by atomic mass is 10.3. The predicted octanol–water partition coefficient (Wildman–Crippen LogP) is 7.45. The van der Waals surface area contributed by atoms with Gasteiger partial charge in [-0.1, -0.05) is 64.6 Å². The molecule has 0 aliphatic carbocycles. The van der Waals surface area contributed by atoms with Crippen LogP contribution in [-0.4, -0.2) is 11.7 Å². The maximum absolute atomic E-state index is 12.7. The highest BCUT2D eigenvalue weighted by atomic mass is 35.5. The van der Waals surface area contributed by atoms with Gasteiger partial charge in [-0.2, -0.15) is 0 Å². The minimum atomic E-state index is -0.572. The van der Waals surface area contributed by atoms with Crippen LogP contribution in [0.4, 0.5) is 17.1 Å². The number of halogens is 4. The van der Waals surface area contributed by atoms with E-state index in [-0.39, 0.29) is 5.84 Å². The standard InChI is InChI=1S/C20H13Cl4N5O/c21-15-8-6-13(10-17(15)23)26-28-19(20(30)25-12-4-2-1-3-5-12)29-27-14-7-9-16(22)18(24)11-14/h1-11,26H,(H,25,30)/b28-19-,29-27?. The lowest BCUT2D eigenvalue weighted by Gasteiger charge is -2.06. The fraction of sp³-hybridized carbons (Fsp3) is 0. The molecule has 0 aromatic heterocycles. The average molecular weight is 481 g/mol. The number of nitrogens with one attached hydrogen (secondary N) is 2. The van der Waals surface area contributed by atoms with E-state index in [0.29, 0.717) is 37.2 Å². The minimum Gasteiger partial charge on any atom is -0.319 e. The fourth-order valence-corrected chi connectivity index (χ4v) is 2.75. The van der Waals surface area contributed by atoms with Crippen molar-refractivity contribution in [1.82, 2.24) is 0 Å². The number of azo groups is 1. The van der Waals surface area contributed by atoms with E-state index in [9.17, 15) is 4.79 Å². The molecule has 0 atom stereocenters. The summed E-state index contributed by atoms with van der Waals surface area (Å²) in [5, 5.41) is 16.2. The van der Waals surface area contributed by atoms with E-state index in [1.807, 2.05) is 6.07 Å². The molecule has 0 aliphatic heterocycles. The van der Waals surface area contributed by atoms with E-state index in [4.69, 9.17) is 46.4 Å². The summed E-state index contributed by atoms with van der Waals surface area (Å²) in [4.78, 5) is 12.7. The molecule has 3 aromatic rings. The molecule has 3 rings (SSSR count). The first-order chi connectivity index (χ1) is 14.4. The number of carbonyl (C=O) groups excluding carboxylic acids is 1. The Hall–Kier alpha value is -2.64. The summed E-state index contributed by atoms with van der Waals surface area (Å²) in [7, 11) is 0. The van der Waals surface area contributed by atoms with E-state index >= 15 is 0 Å². The lowest BCUT2D eigenvalue weighted by Crippen LogP contribution is -2.22. The molecule has 6 nitrogen and oxygen atoms in total. The molecule has 2 N–H and O–H groups in total. The molecule has 0 radical (unpaired) electrons. The Balaban J connectivity index is 1.86. The molecule has 30 heavy (non-hydrogen) atoms. The molecular formula is C20H13Cl4N5O. The van der Waals surface area contributed by atoms with Crippen LogP contribution < -0.4 is 10.7 Å². The van der Waals surface area contributed by atoms with E-state index < -0.39 is 5.91 Å². The Morgan fingerprint density at radius 3 is 2.07 bits per heavy atom. The van der Waals surface area contributed by atoms with Crippen LogP contribution in [0.15, 0.2) is 82.1 Å². The van der Waals surface area contributed by atoms with Gasteiger partial charge in [0.25, 0.3) is 11.7 Å². The van der Waals surface area contributed by atoms with Crippen molar-refractivity contribution in [3.63, 3.8) is 0 Å². The Morgan fingerprint density at radius 2 is 1.40 bits per heavy atom. The summed E-state index contributed by atoms with van der Waals surface area (Å²) in [5.41, 5.74) is 4.21. The molecule has 0 saturated carbocycles. The van der Waals surface area contributed by atoms with Crippen LogP contribution in [-0.2, 0) is 4.79 Å². The van der Waals surface area contributed by atoms with Gasteiger partial charge in [0, 0.05) is 5.69 Å². The second kappa shape index (κ2) is 10.4. The second-order valence-corrected chi connectivity index (χ2v) is 7.42. The highest BCUT2D eigenvalue weighted by Gasteiger charge is 2.12. The Morgan fingerprint density at radius 1 is 0.733 bits per heavy atom. The number of benzene rings is 3. The van der Waals surface area contributed by atoms with E-state index in [2.05, 4.69) is 26.1 Å². The topological polar surface area (TPSA) is 78.2 Å². The van der Waals surface area contributed by atoms with Crippen LogP contribution >= 0.6 is 46.4 Å². The van der Waals surface area contributed by atoms with Crippen molar-refractivity contribution in [2.45, 2.75) is 0 Å². The van der Waals surface area contributed by atoms with E-state index in [1.165, 1.54) is 6.07 Å². The number of anilines is 2. The molecule has 10 heteroatoms. The molecule has 0 bridgehead atoms. The summed E-state index contributed by atoms with van der Waals surface area (Å²) >= 11 is 23.8. The molecule has 3 aromatic carbocycles. The van der Waals surface area contributed by atoms with Crippen LogP contribution in [0.3, 0.4) is 0 Å². The van der Waals surface area contributed by atoms with Gasteiger partial charge in [-0.15, -0.1) is 15.3 Å². The Labute approximate surface area is 192 Å². The maximum atomic E-state index is 12.7. The number of carbonyl (C=O) groups is 1. The number of hydrogen-bond donors (Lipinski definition) is 2. The molecule has 0 fully saturated rings. The summed E-state index contributed by atoms with van der Waals surface area (Å²) in [6.07, 6.45) is 0. The first kappa shape index (κ1) is 22.1. The monoisotopic (exact) mass is 479 g/mol. The molecule has 0 heterocycles. The summed E-state index contributed by atoms with van der Waals surface area (Å²) in [5.74, 6) is -0.798. The van der Waals surface area contributed by atoms with Crippen molar-refractivity contribution in [2.75, 3.05) is 10.7 Å². The van der Waals surface area contributed by atoms with Gasteiger partial charge in [0.1, 0.15) is 0 Å². The first-order valence-corrected chi connectivity index (χ1v) is 9.95. The van der Waals surface area contributed by atoms with E-state index in [0.717, 1.165) is 0 Å². The lowest BCUT2D eigenvalue weighted by molar-refractivity contribution is -0.110. The molecule has 0 saturated heterocycles. The van der Waals surface area contributed by atoms with Gasteiger partial charge in [0.15, 0.2) is 0 Å². The first-order valence-electron chi connectivity index (χ1n) is 8.44. The number of rotatable bonds is 4. The summed E-state index contributed by atoms with van der Waals surface area (Å²) in [6, 6.07) is 18.4. The molecule has 0 spiro atoms. The number of para-hydroxylation sites is 1. The normalized spacial score (nSPS) is 11.5. The van der Waals surface area contributed by atoms with Crippen molar-refractivity contribution < 1.29 is 4.79 Å². The molecule has 0 aliphatic rings. The molecule has 1 amide bonds. The number of amides is 1. The third-order valence-electron chi connectivity index (χ3n) is 3.61. The van der Waals surface area contributed by atoms with Crippen LogP contribution in [0.25, 0.3) is 0 Å². The second-order valence-electron chi connectivity index (χ2n) is 5.79. The van der Waals surface area contributed by atoms with Gasteiger partial charge in [0.2, 0.25) is 0 Å². The van der Waals surface area contributed by atoms with Crippen LogP contribution in [0.1, 0.15) is 0 Å². The van der Waals surface area contributed by atoms with Gasteiger partial charge in [0.05, 0.1) is 31.5 Å². The maximum Gasteiger partial charge on any atom is 0.297 e. The van der Waals surface area contributed by atoms with Crippen LogP contribution in [0, 0.1) is 0 Å². The highest BCUT2D eigenvalue weighted by Crippen LogP contribution is 2.27. The van der Waals surface area contributed by atoms with Crippen LogP contribution in [0.5, 0.6) is 0 Å². The van der Waals surface area contributed by atoms with Gasteiger partial charge in [-0.25, -0.2) is 0 Å². The third kappa shape index (κ3) is 6.18. The number of amidine groups is 1. The Bertz CT molecular complexity index is 1120. The van der Waals surface area contributed by atoms with Crippen molar-refractivity contribution >= 4 is 75.2 Å². The van der Waals surface area contributed by atoms with Crippen molar-refractivity contribution in [3.8, 4) is 0 Å². The van der Waals surface area contributed by atoms with Crippen LogP contribution in [0.2, 0.25) is 20.1 Å². The Kier molecular flexibility index (Phi) is 7.65. The zero-order chi connectivity index (χ0) is 21.5. The summed E-state index contributed by atoms with van der Waals surface area (Å²) < 4.78 is 0. The van der Waals surface area contributed by atoms with Crippen molar-refractivity contribution in [1.29, 1.82) is 0 Å². The number of nitrogens with zero attached hydrogens (tertiary/aromatic N) is 3. The van der Waals surface area contributed by atoms with Gasteiger partial charge in [-0.05, 0) is 48.5 Å². The quantitative estimate of drug-likeness (QED) is 0.176. The van der Waals surface area contributed by atoms with Gasteiger partial charge < -0.3 is 5.32 Å². The van der Waals surface area contributed by atoms with Crippen molar-refractivity contribution in [2.24, 2.45) is 15.3 Å². The largest absolute Gasteiger partial charge is 0.319 e.